The second kappa shape index (κ2) is 8.74. The number of rotatable bonds is 5. The molecule has 3 aromatic carbocycles. The molecule has 1 atom stereocenters. The highest BCUT2D eigenvalue weighted by molar-refractivity contribution is 5.96. The number of carboxylic acids is 1. The van der Waals surface area contributed by atoms with Crippen LogP contribution in [0, 0.1) is 0 Å². The zero-order valence-corrected chi connectivity index (χ0v) is 18.0. The first-order valence-corrected chi connectivity index (χ1v) is 11.0. The van der Waals surface area contributed by atoms with Crippen molar-refractivity contribution in [1.29, 1.82) is 0 Å². The zero-order valence-electron chi connectivity index (χ0n) is 18.0. The molecule has 1 aliphatic rings. The molecule has 6 heteroatoms. The first kappa shape index (κ1) is 20.7. The highest BCUT2D eigenvalue weighted by Gasteiger charge is 2.32. The smallest absolute Gasteiger partial charge is 0.326 e. The number of carboxylic acid groups (broad SMARTS) is 1. The number of carbonyl (C=O) groups is 2. The maximum absolute atomic E-state index is 12.8. The predicted molar refractivity (Wildman–Crippen MR) is 128 cm³/mol. The Morgan fingerprint density at radius 1 is 0.970 bits per heavy atom. The molecule has 0 bridgehead atoms. The van der Waals surface area contributed by atoms with E-state index in [0.717, 1.165) is 33.3 Å². The van der Waals surface area contributed by atoms with Crippen LogP contribution < -0.4 is 0 Å². The molecular formula is C27H23N3O3. The van der Waals surface area contributed by atoms with Gasteiger partial charge in [-0.1, -0.05) is 54.6 Å². The van der Waals surface area contributed by atoms with Crippen LogP contribution in [0.2, 0.25) is 0 Å². The van der Waals surface area contributed by atoms with Gasteiger partial charge in [-0.25, -0.2) is 9.48 Å². The van der Waals surface area contributed by atoms with E-state index in [1.807, 2.05) is 54.7 Å². The highest BCUT2D eigenvalue weighted by atomic mass is 16.4. The molecule has 1 aliphatic heterocycles. The third kappa shape index (κ3) is 4.15. The van der Waals surface area contributed by atoms with Gasteiger partial charge < -0.3 is 10.0 Å². The van der Waals surface area contributed by atoms with Gasteiger partial charge in [-0.2, -0.15) is 5.10 Å². The number of likely N-dealkylation sites (tertiary alicyclic amines) is 1. The first-order valence-electron chi connectivity index (χ1n) is 11.0. The summed E-state index contributed by atoms with van der Waals surface area (Å²) in [5.41, 5.74) is 3.40. The number of fused-ring (bicyclic) bond motifs is 1. The molecule has 0 spiro atoms. The van der Waals surface area contributed by atoms with Crippen molar-refractivity contribution >= 4 is 28.7 Å². The topological polar surface area (TPSA) is 75.4 Å². The summed E-state index contributed by atoms with van der Waals surface area (Å²) in [6, 6.07) is 23.4. The van der Waals surface area contributed by atoms with E-state index in [0.29, 0.717) is 19.4 Å². The summed E-state index contributed by atoms with van der Waals surface area (Å²) < 4.78 is 1.80. The largest absolute Gasteiger partial charge is 0.480 e. The molecule has 1 amide bonds. The number of aliphatic carboxylic acids is 1. The van der Waals surface area contributed by atoms with Gasteiger partial charge in [-0.05, 0) is 47.9 Å². The van der Waals surface area contributed by atoms with Gasteiger partial charge in [0.1, 0.15) is 6.04 Å². The van der Waals surface area contributed by atoms with Crippen LogP contribution in [0.1, 0.15) is 18.4 Å². The van der Waals surface area contributed by atoms with Crippen molar-refractivity contribution in [1.82, 2.24) is 14.7 Å². The molecule has 1 N–H and O–H groups in total. The fourth-order valence-electron chi connectivity index (χ4n) is 4.33. The minimum atomic E-state index is -0.956. The van der Waals surface area contributed by atoms with Crippen molar-refractivity contribution in [3.63, 3.8) is 0 Å². The standard InChI is InChI=1S/C27H23N3O3/c31-25(29-16-6-11-24(29)27(32)33)15-14-22-18-30(23-9-2-1-3-10-23)28-26(22)21-13-12-19-7-4-5-8-20(19)17-21/h1-5,7-10,12-15,17-18,24H,6,11,16H2,(H,32,33)/b15-14+/t24-/m0/s1. The van der Waals surface area contributed by atoms with Crippen molar-refractivity contribution in [3.05, 3.63) is 90.6 Å². The second-order valence-corrected chi connectivity index (χ2v) is 8.14. The van der Waals surface area contributed by atoms with Crippen LogP contribution >= 0.6 is 0 Å². The third-order valence-electron chi connectivity index (χ3n) is 6.01. The highest BCUT2D eigenvalue weighted by Crippen LogP contribution is 2.28. The molecule has 0 saturated carbocycles. The number of benzene rings is 3. The Balaban J connectivity index is 1.54. The van der Waals surface area contributed by atoms with Crippen LogP contribution in [-0.4, -0.2) is 44.3 Å². The summed E-state index contributed by atoms with van der Waals surface area (Å²) in [5, 5.41) is 16.5. The van der Waals surface area contributed by atoms with Gasteiger partial charge in [0, 0.05) is 29.9 Å². The maximum atomic E-state index is 12.8. The Morgan fingerprint density at radius 3 is 2.52 bits per heavy atom. The molecule has 2 heterocycles. The quantitative estimate of drug-likeness (QED) is 0.456. The van der Waals surface area contributed by atoms with Crippen LogP contribution in [0.3, 0.4) is 0 Å². The average molecular weight is 437 g/mol. The van der Waals surface area contributed by atoms with Crippen LogP contribution in [-0.2, 0) is 9.59 Å². The molecule has 5 rings (SSSR count). The van der Waals surface area contributed by atoms with E-state index in [1.165, 1.54) is 11.0 Å². The fraction of sp³-hybridized carbons (Fsp3) is 0.148. The summed E-state index contributed by atoms with van der Waals surface area (Å²) in [7, 11) is 0. The van der Waals surface area contributed by atoms with Gasteiger partial charge >= 0.3 is 5.97 Å². The minimum Gasteiger partial charge on any atom is -0.480 e. The summed E-state index contributed by atoms with van der Waals surface area (Å²) >= 11 is 0. The number of hydrogen-bond acceptors (Lipinski definition) is 3. The molecule has 0 unspecified atom stereocenters. The van der Waals surface area contributed by atoms with Crippen molar-refractivity contribution in [2.24, 2.45) is 0 Å². The number of hydrogen-bond donors (Lipinski definition) is 1. The zero-order chi connectivity index (χ0) is 22.8. The van der Waals surface area contributed by atoms with E-state index >= 15 is 0 Å². The summed E-state index contributed by atoms with van der Waals surface area (Å²) in [6.07, 6.45) is 6.27. The molecule has 1 aromatic heterocycles. The number of aromatic nitrogens is 2. The van der Waals surface area contributed by atoms with Crippen LogP contribution in [0.25, 0.3) is 33.8 Å². The van der Waals surface area contributed by atoms with Gasteiger partial charge in [-0.3, -0.25) is 4.79 Å². The molecule has 164 valence electrons. The van der Waals surface area contributed by atoms with Gasteiger partial charge in [0.2, 0.25) is 5.91 Å². The molecule has 33 heavy (non-hydrogen) atoms. The van der Waals surface area contributed by atoms with Crippen molar-refractivity contribution in [2.45, 2.75) is 18.9 Å². The van der Waals surface area contributed by atoms with Crippen molar-refractivity contribution in [3.8, 4) is 16.9 Å². The molecule has 1 saturated heterocycles. The van der Waals surface area contributed by atoms with E-state index < -0.39 is 12.0 Å². The van der Waals surface area contributed by atoms with E-state index in [9.17, 15) is 14.7 Å². The van der Waals surface area contributed by atoms with Crippen LogP contribution in [0.4, 0.5) is 0 Å². The van der Waals surface area contributed by atoms with Gasteiger partial charge in [-0.15, -0.1) is 0 Å². The average Bonchev–Trinajstić information content (AvgIpc) is 3.51. The molecule has 0 radical (unpaired) electrons. The van der Waals surface area contributed by atoms with Crippen LogP contribution in [0.5, 0.6) is 0 Å². The lowest BCUT2D eigenvalue weighted by atomic mass is 10.0. The molecule has 1 fully saturated rings. The SMILES string of the molecule is O=C(O)[C@@H]1CCCN1C(=O)/C=C/c1cn(-c2ccccc2)nc1-c1ccc2ccccc2c1. The number of nitrogens with zero attached hydrogens (tertiary/aromatic N) is 3. The Labute approximate surface area is 191 Å². The normalized spacial score (nSPS) is 16.0. The predicted octanol–water partition coefficient (Wildman–Crippen LogP) is 4.78. The molecular weight excluding hydrogens is 414 g/mol. The number of amides is 1. The summed E-state index contributed by atoms with van der Waals surface area (Å²) in [6.45, 7) is 0.459. The van der Waals surface area contributed by atoms with E-state index in [1.54, 1.807) is 10.8 Å². The summed E-state index contributed by atoms with van der Waals surface area (Å²) in [5.74, 6) is -1.25. The Morgan fingerprint density at radius 2 is 1.73 bits per heavy atom. The molecule has 4 aromatic rings. The molecule has 0 aliphatic carbocycles. The lowest BCUT2D eigenvalue weighted by Gasteiger charge is -2.19. The monoisotopic (exact) mass is 437 g/mol. The second-order valence-electron chi connectivity index (χ2n) is 8.14. The van der Waals surface area contributed by atoms with E-state index in [-0.39, 0.29) is 5.91 Å². The number of carbonyl (C=O) groups excluding carboxylic acids is 1. The van der Waals surface area contributed by atoms with Crippen molar-refractivity contribution < 1.29 is 14.7 Å². The number of para-hydroxylation sites is 1. The molecule has 6 nitrogen and oxygen atoms in total. The Kier molecular flexibility index (Phi) is 5.48. The summed E-state index contributed by atoms with van der Waals surface area (Å²) in [4.78, 5) is 25.7. The fourth-order valence-corrected chi connectivity index (χ4v) is 4.33. The lowest BCUT2D eigenvalue weighted by molar-refractivity contribution is -0.146. The van der Waals surface area contributed by atoms with Gasteiger partial charge in [0.25, 0.3) is 0 Å². The third-order valence-corrected chi connectivity index (χ3v) is 6.01. The first-order chi connectivity index (χ1) is 16.1. The van der Waals surface area contributed by atoms with Crippen molar-refractivity contribution in [2.75, 3.05) is 6.54 Å². The lowest BCUT2D eigenvalue weighted by Crippen LogP contribution is -2.39. The van der Waals surface area contributed by atoms with Gasteiger partial charge in [0.05, 0.1) is 11.4 Å². The van der Waals surface area contributed by atoms with E-state index in [4.69, 9.17) is 5.10 Å². The van der Waals surface area contributed by atoms with Crippen LogP contribution in [0.15, 0.2) is 85.1 Å². The minimum absolute atomic E-state index is 0.295. The maximum Gasteiger partial charge on any atom is 0.326 e. The van der Waals surface area contributed by atoms with Gasteiger partial charge in [0.15, 0.2) is 0 Å². The van der Waals surface area contributed by atoms with E-state index in [2.05, 4.69) is 24.3 Å². The Hall–Kier alpha value is -4.19. The Bertz CT molecular complexity index is 1360.